The molecule has 0 unspecified atom stereocenters. The summed E-state index contributed by atoms with van der Waals surface area (Å²) in [5.74, 6) is -1.21. The molecule has 0 saturated carbocycles. The largest absolute Gasteiger partial charge is 0.345 e. The van der Waals surface area contributed by atoms with Gasteiger partial charge in [-0.3, -0.25) is 9.20 Å². The Morgan fingerprint density at radius 3 is 2.52 bits per heavy atom. The standard InChI is InChI=1S/C24H18F2N6O/c25-18-9-16(10-19(26)11-18)14-32(20-6-4-17(5-7-20)21-13-27-15-28-21)24(33)12-23-30-29-22-3-1-2-8-31(22)23/h1-11,13,15H,12,14H2,(H,27,28). The number of amides is 1. The number of halogens is 2. The lowest BCUT2D eigenvalue weighted by atomic mass is 10.1. The number of benzene rings is 2. The normalized spacial score (nSPS) is 11.1. The molecule has 0 aliphatic heterocycles. The van der Waals surface area contributed by atoms with E-state index in [0.29, 0.717) is 22.7 Å². The Labute approximate surface area is 187 Å². The Morgan fingerprint density at radius 1 is 1.00 bits per heavy atom. The summed E-state index contributed by atoms with van der Waals surface area (Å²) in [7, 11) is 0. The van der Waals surface area contributed by atoms with E-state index < -0.39 is 11.6 Å². The van der Waals surface area contributed by atoms with Crippen molar-refractivity contribution in [3.8, 4) is 11.3 Å². The third-order valence-corrected chi connectivity index (χ3v) is 5.25. The number of pyridine rings is 1. The maximum absolute atomic E-state index is 13.8. The van der Waals surface area contributed by atoms with E-state index in [0.717, 1.165) is 17.3 Å². The smallest absolute Gasteiger partial charge is 0.234 e. The van der Waals surface area contributed by atoms with Gasteiger partial charge in [0.1, 0.15) is 17.5 Å². The topological polar surface area (TPSA) is 79.2 Å². The first kappa shape index (κ1) is 20.5. The van der Waals surface area contributed by atoms with E-state index in [1.165, 1.54) is 17.0 Å². The Morgan fingerprint density at radius 2 is 1.79 bits per heavy atom. The van der Waals surface area contributed by atoms with E-state index in [1.54, 1.807) is 41.3 Å². The van der Waals surface area contributed by atoms with Crippen LogP contribution in [0.4, 0.5) is 14.5 Å². The van der Waals surface area contributed by atoms with Crippen molar-refractivity contribution in [3.05, 3.63) is 102 Å². The molecule has 33 heavy (non-hydrogen) atoms. The van der Waals surface area contributed by atoms with E-state index in [-0.39, 0.29) is 18.9 Å². The minimum atomic E-state index is -0.699. The van der Waals surface area contributed by atoms with Gasteiger partial charge in [-0.25, -0.2) is 13.8 Å². The molecule has 3 heterocycles. The van der Waals surface area contributed by atoms with Crippen LogP contribution in [0.15, 0.2) is 79.4 Å². The van der Waals surface area contributed by atoms with Crippen LogP contribution >= 0.6 is 0 Å². The van der Waals surface area contributed by atoms with Crippen LogP contribution < -0.4 is 4.90 Å². The Kier molecular flexibility index (Phi) is 5.35. The Balaban J connectivity index is 1.48. The van der Waals surface area contributed by atoms with Gasteiger partial charge < -0.3 is 9.88 Å². The molecule has 7 nitrogen and oxygen atoms in total. The molecule has 164 valence electrons. The maximum atomic E-state index is 13.8. The van der Waals surface area contributed by atoms with Gasteiger partial charge in [-0.05, 0) is 47.5 Å². The van der Waals surface area contributed by atoms with Crippen LogP contribution in [0.1, 0.15) is 11.4 Å². The number of aromatic amines is 1. The molecule has 5 aromatic rings. The highest BCUT2D eigenvalue weighted by Crippen LogP contribution is 2.24. The lowest BCUT2D eigenvalue weighted by Crippen LogP contribution is -2.32. The molecule has 0 spiro atoms. The molecular weight excluding hydrogens is 426 g/mol. The zero-order valence-corrected chi connectivity index (χ0v) is 17.3. The Hall–Kier alpha value is -4.40. The van der Waals surface area contributed by atoms with Crippen LogP contribution in [0.3, 0.4) is 0 Å². The average Bonchev–Trinajstić information content (AvgIpc) is 3.48. The molecule has 5 rings (SSSR count). The van der Waals surface area contributed by atoms with Crippen molar-refractivity contribution in [3.63, 3.8) is 0 Å². The van der Waals surface area contributed by atoms with Crippen LogP contribution in [0.25, 0.3) is 16.9 Å². The van der Waals surface area contributed by atoms with Gasteiger partial charge in [0, 0.05) is 18.0 Å². The summed E-state index contributed by atoms with van der Waals surface area (Å²) < 4.78 is 29.3. The molecule has 1 N–H and O–H groups in total. The second kappa shape index (κ2) is 8.62. The molecule has 0 atom stereocenters. The summed E-state index contributed by atoms with van der Waals surface area (Å²) in [4.78, 5) is 21.9. The monoisotopic (exact) mass is 444 g/mol. The van der Waals surface area contributed by atoms with Gasteiger partial charge in [0.2, 0.25) is 5.91 Å². The highest BCUT2D eigenvalue weighted by molar-refractivity contribution is 5.94. The fourth-order valence-corrected chi connectivity index (χ4v) is 3.69. The molecule has 0 saturated heterocycles. The molecule has 1 amide bonds. The number of hydrogen-bond donors (Lipinski definition) is 1. The van der Waals surface area contributed by atoms with Crippen LogP contribution in [0.5, 0.6) is 0 Å². The molecule has 3 aromatic heterocycles. The van der Waals surface area contributed by atoms with Crippen LogP contribution in [-0.4, -0.2) is 30.5 Å². The van der Waals surface area contributed by atoms with Crippen molar-refractivity contribution < 1.29 is 13.6 Å². The summed E-state index contributed by atoms with van der Waals surface area (Å²) in [6.07, 6.45) is 5.03. The van der Waals surface area contributed by atoms with E-state index >= 15 is 0 Å². The maximum Gasteiger partial charge on any atom is 0.234 e. The predicted octanol–water partition coefficient (Wildman–Crippen LogP) is 4.17. The highest BCUT2D eigenvalue weighted by Gasteiger charge is 2.20. The molecule has 0 aliphatic rings. The van der Waals surface area contributed by atoms with Gasteiger partial charge in [0.15, 0.2) is 5.65 Å². The number of aromatic nitrogens is 5. The van der Waals surface area contributed by atoms with Gasteiger partial charge in [-0.1, -0.05) is 18.2 Å². The fraction of sp³-hybridized carbons (Fsp3) is 0.0833. The highest BCUT2D eigenvalue weighted by atomic mass is 19.1. The molecule has 0 aliphatic carbocycles. The van der Waals surface area contributed by atoms with E-state index in [2.05, 4.69) is 20.2 Å². The quantitative estimate of drug-likeness (QED) is 0.426. The van der Waals surface area contributed by atoms with Crippen molar-refractivity contribution in [2.45, 2.75) is 13.0 Å². The lowest BCUT2D eigenvalue weighted by molar-refractivity contribution is -0.118. The van der Waals surface area contributed by atoms with Crippen LogP contribution in [0.2, 0.25) is 0 Å². The number of hydrogen-bond acceptors (Lipinski definition) is 4. The second-order valence-electron chi connectivity index (χ2n) is 7.49. The van der Waals surface area contributed by atoms with Crippen molar-refractivity contribution in [1.82, 2.24) is 24.6 Å². The first-order valence-electron chi connectivity index (χ1n) is 10.2. The predicted molar refractivity (Wildman–Crippen MR) is 118 cm³/mol. The number of carbonyl (C=O) groups excluding carboxylic acids is 1. The number of carbonyl (C=O) groups is 1. The average molecular weight is 444 g/mol. The van der Waals surface area contributed by atoms with Crippen molar-refractivity contribution >= 4 is 17.2 Å². The summed E-state index contributed by atoms with van der Waals surface area (Å²) in [6.45, 7) is -0.00630. The van der Waals surface area contributed by atoms with Crippen molar-refractivity contribution in [2.24, 2.45) is 0 Å². The zero-order chi connectivity index (χ0) is 22.8. The lowest BCUT2D eigenvalue weighted by Gasteiger charge is -2.23. The van der Waals surface area contributed by atoms with Gasteiger partial charge in [0.25, 0.3) is 0 Å². The summed E-state index contributed by atoms with van der Waals surface area (Å²) >= 11 is 0. The second-order valence-corrected chi connectivity index (χ2v) is 7.49. The number of imidazole rings is 1. The fourth-order valence-electron chi connectivity index (χ4n) is 3.69. The molecular formula is C24H18F2N6O. The third-order valence-electron chi connectivity index (χ3n) is 5.25. The molecule has 0 bridgehead atoms. The molecule has 0 fully saturated rings. The van der Waals surface area contributed by atoms with Gasteiger partial charge in [-0.2, -0.15) is 0 Å². The van der Waals surface area contributed by atoms with Crippen LogP contribution in [-0.2, 0) is 17.8 Å². The minimum absolute atomic E-state index is 0.00630. The van der Waals surface area contributed by atoms with Gasteiger partial charge in [0.05, 0.1) is 31.2 Å². The summed E-state index contributed by atoms with van der Waals surface area (Å²) in [6, 6.07) is 16.0. The van der Waals surface area contributed by atoms with Crippen LogP contribution in [0, 0.1) is 11.6 Å². The van der Waals surface area contributed by atoms with Crippen molar-refractivity contribution in [1.29, 1.82) is 0 Å². The van der Waals surface area contributed by atoms with Gasteiger partial charge in [-0.15, -0.1) is 10.2 Å². The summed E-state index contributed by atoms with van der Waals surface area (Å²) in [5, 5.41) is 8.21. The van der Waals surface area contributed by atoms with E-state index in [1.807, 2.05) is 24.3 Å². The SMILES string of the molecule is O=C(Cc1nnc2ccccn12)N(Cc1cc(F)cc(F)c1)c1ccc(-c2cnc[nH]2)cc1. The van der Waals surface area contributed by atoms with Crippen molar-refractivity contribution in [2.75, 3.05) is 4.90 Å². The number of anilines is 1. The zero-order valence-electron chi connectivity index (χ0n) is 17.3. The Bertz CT molecular complexity index is 1390. The number of nitrogens with one attached hydrogen (secondary N) is 1. The van der Waals surface area contributed by atoms with E-state index in [9.17, 15) is 13.6 Å². The van der Waals surface area contributed by atoms with E-state index in [4.69, 9.17) is 0 Å². The first-order valence-corrected chi connectivity index (χ1v) is 10.2. The molecule has 0 radical (unpaired) electrons. The number of nitrogens with zero attached hydrogens (tertiary/aromatic N) is 5. The number of fused-ring (bicyclic) bond motifs is 1. The third kappa shape index (κ3) is 4.33. The van der Waals surface area contributed by atoms with Gasteiger partial charge >= 0.3 is 0 Å². The number of rotatable bonds is 6. The number of H-pyrrole nitrogens is 1. The molecule has 9 heteroatoms. The summed E-state index contributed by atoms with van der Waals surface area (Å²) in [5.41, 5.74) is 3.28. The first-order chi connectivity index (χ1) is 16.1. The molecule has 2 aromatic carbocycles. The minimum Gasteiger partial charge on any atom is -0.345 e.